The van der Waals surface area contributed by atoms with E-state index < -0.39 is 0 Å². The third-order valence-corrected chi connectivity index (χ3v) is 3.35. The molecule has 2 aromatic rings. The Balaban J connectivity index is 2.17. The fourth-order valence-corrected chi connectivity index (χ4v) is 2.37. The first-order chi connectivity index (χ1) is 8.26. The molecule has 0 aliphatic carbocycles. The maximum absolute atomic E-state index is 12.1. The Morgan fingerprint density at radius 3 is 3.12 bits per heavy atom. The molecule has 0 saturated carbocycles. The van der Waals surface area contributed by atoms with Crippen molar-refractivity contribution in [2.45, 2.75) is 19.9 Å². The van der Waals surface area contributed by atoms with Gasteiger partial charge in [-0.3, -0.25) is 4.79 Å². The Labute approximate surface area is 103 Å². The second kappa shape index (κ2) is 5.09. The van der Waals surface area contributed by atoms with E-state index in [1.807, 2.05) is 12.3 Å². The first-order valence-electron chi connectivity index (χ1n) is 5.27. The van der Waals surface area contributed by atoms with Crippen molar-refractivity contribution < 1.29 is 9.53 Å². The van der Waals surface area contributed by atoms with E-state index in [1.54, 1.807) is 17.9 Å². The lowest BCUT2D eigenvalue weighted by atomic mass is 10.2. The van der Waals surface area contributed by atoms with Crippen molar-refractivity contribution in [3.8, 4) is 5.75 Å². The van der Waals surface area contributed by atoms with E-state index >= 15 is 0 Å². The second-order valence-corrected chi connectivity index (χ2v) is 4.33. The Hall–Kier alpha value is -1.69. The molecular weight excluding hydrogens is 238 g/mol. The molecular formula is C11H13N3O2S. The first kappa shape index (κ1) is 11.8. The van der Waals surface area contributed by atoms with Crippen LogP contribution in [0.3, 0.4) is 0 Å². The largest absolute Gasteiger partial charge is 0.495 e. The zero-order valence-corrected chi connectivity index (χ0v) is 10.5. The number of thiophene rings is 1. The number of rotatable bonds is 5. The van der Waals surface area contributed by atoms with Crippen LogP contribution in [0.2, 0.25) is 0 Å². The summed E-state index contributed by atoms with van der Waals surface area (Å²) in [6.45, 7) is 2.68. The lowest BCUT2D eigenvalue weighted by molar-refractivity contribution is 0.0990. The summed E-state index contributed by atoms with van der Waals surface area (Å²) in [5.41, 5.74) is 0. The van der Waals surface area contributed by atoms with Gasteiger partial charge in [0.1, 0.15) is 22.8 Å². The van der Waals surface area contributed by atoms with Crippen LogP contribution in [0.4, 0.5) is 0 Å². The number of ketones is 1. The van der Waals surface area contributed by atoms with Gasteiger partial charge in [-0.1, -0.05) is 0 Å². The number of carbonyl (C=O) groups is 1. The number of hydrogen-bond acceptors (Lipinski definition) is 5. The molecule has 0 bridgehead atoms. The standard InChI is InChI=1S/C11H13N3O2S/c1-3-14-10(12-7-13-14)6-8(15)11-9(16-2)4-5-17-11/h4-5,7H,3,6H2,1-2H3. The number of methoxy groups -OCH3 is 1. The summed E-state index contributed by atoms with van der Waals surface area (Å²) in [4.78, 5) is 16.8. The SMILES string of the molecule is CCn1ncnc1CC(=O)c1sccc1OC. The quantitative estimate of drug-likeness (QED) is 0.760. The van der Waals surface area contributed by atoms with Gasteiger partial charge in [0.15, 0.2) is 5.78 Å². The second-order valence-electron chi connectivity index (χ2n) is 3.41. The van der Waals surface area contributed by atoms with Gasteiger partial charge in [-0.25, -0.2) is 9.67 Å². The number of aromatic nitrogens is 3. The molecule has 2 heterocycles. The van der Waals surface area contributed by atoms with E-state index in [-0.39, 0.29) is 12.2 Å². The van der Waals surface area contributed by atoms with Crippen molar-refractivity contribution in [2.75, 3.05) is 7.11 Å². The fourth-order valence-electron chi connectivity index (χ4n) is 1.57. The van der Waals surface area contributed by atoms with Gasteiger partial charge < -0.3 is 4.74 Å². The van der Waals surface area contributed by atoms with Crippen LogP contribution < -0.4 is 4.74 Å². The highest BCUT2D eigenvalue weighted by Gasteiger charge is 2.16. The van der Waals surface area contributed by atoms with Crippen LogP contribution in [0.5, 0.6) is 5.75 Å². The van der Waals surface area contributed by atoms with E-state index in [0.717, 1.165) is 0 Å². The van der Waals surface area contributed by atoms with Crippen LogP contribution >= 0.6 is 11.3 Å². The smallest absolute Gasteiger partial charge is 0.184 e. The van der Waals surface area contributed by atoms with Gasteiger partial charge in [-0.15, -0.1) is 11.3 Å². The minimum Gasteiger partial charge on any atom is -0.495 e. The predicted octanol–water partition coefficient (Wildman–Crippen LogP) is 1.79. The molecule has 0 fully saturated rings. The Morgan fingerprint density at radius 1 is 1.59 bits per heavy atom. The molecule has 0 aliphatic heterocycles. The average Bonchev–Trinajstić information content (AvgIpc) is 2.96. The van der Waals surface area contributed by atoms with E-state index in [4.69, 9.17) is 4.74 Å². The maximum atomic E-state index is 12.1. The summed E-state index contributed by atoms with van der Waals surface area (Å²) in [5.74, 6) is 1.33. The molecule has 0 aliphatic rings. The number of aryl methyl sites for hydroxylation is 1. The topological polar surface area (TPSA) is 57.0 Å². The third kappa shape index (κ3) is 2.36. The summed E-state index contributed by atoms with van der Waals surface area (Å²) in [5, 5.41) is 5.88. The van der Waals surface area contributed by atoms with Crippen LogP contribution in [-0.4, -0.2) is 27.7 Å². The summed E-state index contributed by atoms with van der Waals surface area (Å²) in [6.07, 6.45) is 1.72. The normalized spacial score (nSPS) is 10.5. The number of ether oxygens (including phenoxy) is 1. The van der Waals surface area contributed by atoms with Gasteiger partial charge in [0.05, 0.1) is 13.5 Å². The van der Waals surface area contributed by atoms with Crippen LogP contribution in [0, 0.1) is 0 Å². The molecule has 0 unspecified atom stereocenters. The van der Waals surface area contributed by atoms with Crippen molar-refractivity contribution in [2.24, 2.45) is 0 Å². The van der Waals surface area contributed by atoms with Gasteiger partial charge in [0, 0.05) is 6.54 Å². The summed E-state index contributed by atoms with van der Waals surface area (Å²) in [7, 11) is 1.56. The maximum Gasteiger partial charge on any atom is 0.184 e. The number of carbonyl (C=O) groups excluding carboxylic acids is 1. The zero-order valence-electron chi connectivity index (χ0n) is 9.71. The molecule has 2 aromatic heterocycles. The highest BCUT2D eigenvalue weighted by Crippen LogP contribution is 2.25. The van der Waals surface area contributed by atoms with Crippen LogP contribution in [-0.2, 0) is 13.0 Å². The minimum absolute atomic E-state index is 0.0135. The minimum atomic E-state index is 0.0135. The van der Waals surface area contributed by atoms with E-state index in [0.29, 0.717) is 23.0 Å². The van der Waals surface area contributed by atoms with Crippen molar-refractivity contribution in [3.63, 3.8) is 0 Å². The average molecular weight is 251 g/mol. The lowest BCUT2D eigenvalue weighted by Gasteiger charge is -2.03. The Kier molecular flexibility index (Phi) is 3.53. The highest BCUT2D eigenvalue weighted by molar-refractivity contribution is 7.12. The molecule has 0 saturated heterocycles. The molecule has 90 valence electrons. The molecule has 5 nitrogen and oxygen atoms in total. The van der Waals surface area contributed by atoms with Crippen molar-refractivity contribution >= 4 is 17.1 Å². The molecule has 6 heteroatoms. The molecule has 0 spiro atoms. The van der Waals surface area contributed by atoms with E-state index in [9.17, 15) is 4.79 Å². The molecule has 0 amide bonds. The van der Waals surface area contributed by atoms with E-state index in [1.165, 1.54) is 17.7 Å². The summed E-state index contributed by atoms with van der Waals surface area (Å²) in [6, 6.07) is 1.79. The number of nitrogens with zero attached hydrogens (tertiary/aromatic N) is 3. The van der Waals surface area contributed by atoms with E-state index in [2.05, 4.69) is 10.1 Å². The first-order valence-corrected chi connectivity index (χ1v) is 6.15. The van der Waals surface area contributed by atoms with Crippen molar-refractivity contribution in [3.05, 3.63) is 28.5 Å². The Morgan fingerprint density at radius 2 is 2.41 bits per heavy atom. The van der Waals surface area contributed by atoms with Crippen molar-refractivity contribution in [1.29, 1.82) is 0 Å². The molecule has 0 N–H and O–H groups in total. The van der Waals surface area contributed by atoms with Crippen LogP contribution in [0.15, 0.2) is 17.8 Å². The summed E-state index contributed by atoms with van der Waals surface area (Å²) < 4.78 is 6.85. The lowest BCUT2D eigenvalue weighted by Crippen LogP contribution is -2.10. The van der Waals surface area contributed by atoms with Crippen LogP contribution in [0.1, 0.15) is 22.4 Å². The molecule has 0 radical (unpaired) electrons. The van der Waals surface area contributed by atoms with Crippen molar-refractivity contribution in [1.82, 2.24) is 14.8 Å². The van der Waals surface area contributed by atoms with Gasteiger partial charge in [0.25, 0.3) is 0 Å². The van der Waals surface area contributed by atoms with Gasteiger partial charge in [0.2, 0.25) is 0 Å². The summed E-state index contributed by atoms with van der Waals surface area (Å²) >= 11 is 1.39. The van der Waals surface area contributed by atoms with Crippen LogP contribution in [0.25, 0.3) is 0 Å². The predicted molar refractivity (Wildman–Crippen MR) is 64.6 cm³/mol. The third-order valence-electron chi connectivity index (χ3n) is 2.42. The van der Waals surface area contributed by atoms with Gasteiger partial charge in [-0.2, -0.15) is 5.10 Å². The molecule has 0 aromatic carbocycles. The molecule has 17 heavy (non-hydrogen) atoms. The molecule has 0 atom stereocenters. The van der Waals surface area contributed by atoms with Gasteiger partial charge in [-0.05, 0) is 18.4 Å². The zero-order chi connectivity index (χ0) is 12.3. The van der Waals surface area contributed by atoms with Gasteiger partial charge >= 0.3 is 0 Å². The fraction of sp³-hybridized carbons (Fsp3) is 0.364. The monoisotopic (exact) mass is 251 g/mol. The highest BCUT2D eigenvalue weighted by atomic mass is 32.1. The number of Topliss-reactive ketones (excluding diaryl/α,β-unsaturated/α-hetero) is 1. The number of hydrogen-bond donors (Lipinski definition) is 0. The molecule has 2 rings (SSSR count). The Bertz CT molecular complexity index is 518.